The van der Waals surface area contributed by atoms with Gasteiger partial charge in [0.15, 0.2) is 0 Å². The molecule has 22 heavy (non-hydrogen) atoms. The SMILES string of the molecule is CCCCCCCCCC(C)(OC(=O)CC(=O)O)C(C)C.[BaH2]. The summed E-state index contributed by atoms with van der Waals surface area (Å²) in [6, 6.07) is 0. The van der Waals surface area contributed by atoms with Crippen molar-refractivity contribution in [2.24, 2.45) is 5.92 Å². The number of ether oxygens (including phenoxy) is 1. The molecule has 0 aliphatic rings. The van der Waals surface area contributed by atoms with E-state index in [2.05, 4.69) is 6.92 Å². The molecule has 0 amide bonds. The normalized spacial score (nSPS) is 13.3. The number of hydrogen-bond acceptors (Lipinski definition) is 3. The summed E-state index contributed by atoms with van der Waals surface area (Å²) >= 11 is 0. The Kier molecular flexibility index (Phi) is 15.7. The fourth-order valence-corrected chi connectivity index (χ4v) is 2.31. The Hall–Kier alpha value is 0.511. The molecule has 0 radical (unpaired) electrons. The molecule has 1 atom stereocenters. The molecule has 0 heterocycles. The summed E-state index contributed by atoms with van der Waals surface area (Å²) < 4.78 is 5.44. The monoisotopic (exact) mass is 440 g/mol. The van der Waals surface area contributed by atoms with Gasteiger partial charge >= 0.3 is 60.8 Å². The quantitative estimate of drug-likeness (QED) is 0.218. The van der Waals surface area contributed by atoms with E-state index in [0.717, 1.165) is 19.3 Å². The Morgan fingerprint density at radius 1 is 1.05 bits per heavy atom. The topological polar surface area (TPSA) is 63.6 Å². The number of carbonyl (C=O) groups excluding carboxylic acids is 1. The van der Waals surface area contributed by atoms with E-state index < -0.39 is 24.0 Å². The average Bonchev–Trinajstić information content (AvgIpc) is 2.36. The predicted octanol–water partition coefficient (Wildman–Crippen LogP) is 3.64. The molecule has 0 aromatic carbocycles. The van der Waals surface area contributed by atoms with Crippen LogP contribution in [0.5, 0.6) is 0 Å². The number of carboxylic acids is 1. The minimum absolute atomic E-state index is 0. The summed E-state index contributed by atoms with van der Waals surface area (Å²) in [5.41, 5.74) is -0.560. The molecule has 0 saturated carbocycles. The van der Waals surface area contributed by atoms with Gasteiger partial charge in [0, 0.05) is 0 Å². The van der Waals surface area contributed by atoms with Crippen molar-refractivity contribution in [1.82, 2.24) is 0 Å². The van der Waals surface area contributed by atoms with Gasteiger partial charge in [0.1, 0.15) is 12.0 Å². The van der Waals surface area contributed by atoms with Crippen LogP contribution in [0, 0.1) is 5.92 Å². The van der Waals surface area contributed by atoms with Gasteiger partial charge in [0.05, 0.1) is 0 Å². The first-order valence-electron chi connectivity index (χ1n) is 8.25. The third-order valence-corrected chi connectivity index (χ3v) is 4.14. The molecule has 0 fully saturated rings. The third kappa shape index (κ3) is 12.0. The van der Waals surface area contributed by atoms with Crippen LogP contribution in [0.4, 0.5) is 0 Å². The van der Waals surface area contributed by atoms with Gasteiger partial charge in [-0.15, -0.1) is 0 Å². The van der Waals surface area contributed by atoms with Crippen LogP contribution in [0.25, 0.3) is 0 Å². The van der Waals surface area contributed by atoms with Gasteiger partial charge in [-0.3, -0.25) is 9.59 Å². The Morgan fingerprint density at radius 2 is 1.55 bits per heavy atom. The summed E-state index contributed by atoms with van der Waals surface area (Å²) in [4.78, 5) is 22.1. The molecule has 0 aromatic rings. The summed E-state index contributed by atoms with van der Waals surface area (Å²) in [6.45, 7) is 8.14. The van der Waals surface area contributed by atoms with Crippen molar-refractivity contribution < 1.29 is 19.4 Å². The van der Waals surface area contributed by atoms with Crippen molar-refractivity contribution in [2.75, 3.05) is 0 Å². The van der Waals surface area contributed by atoms with Crippen molar-refractivity contribution in [3.05, 3.63) is 0 Å². The molecule has 0 aliphatic heterocycles. The zero-order valence-electron chi connectivity index (χ0n) is 14.1. The van der Waals surface area contributed by atoms with Crippen LogP contribution in [-0.4, -0.2) is 71.5 Å². The van der Waals surface area contributed by atoms with Crippen LogP contribution in [0.2, 0.25) is 0 Å². The second-order valence-corrected chi connectivity index (χ2v) is 6.38. The first-order chi connectivity index (χ1) is 9.81. The number of rotatable bonds is 12. The minimum atomic E-state index is -1.14. The van der Waals surface area contributed by atoms with Crippen LogP contribution in [0.15, 0.2) is 0 Å². The van der Waals surface area contributed by atoms with Gasteiger partial charge in [-0.25, -0.2) is 0 Å². The van der Waals surface area contributed by atoms with Crippen molar-refractivity contribution in [1.29, 1.82) is 0 Å². The molecule has 0 bridgehead atoms. The number of unbranched alkanes of at least 4 members (excludes halogenated alkanes) is 6. The molecular formula is C17H34BaO4. The summed E-state index contributed by atoms with van der Waals surface area (Å²) in [7, 11) is 0. The zero-order valence-corrected chi connectivity index (χ0v) is 14.1. The van der Waals surface area contributed by atoms with E-state index >= 15 is 0 Å². The average molecular weight is 440 g/mol. The van der Waals surface area contributed by atoms with Crippen LogP contribution in [0.3, 0.4) is 0 Å². The van der Waals surface area contributed by atoms with E-state index in [9.17, 15) is 9.59 Å². The summed E-state index contributed by atoms with van der Waals surface area (Å²) in [6.07, 6.45) is 8.74. The molecule has 0 aromatic heterocycles. The van der Waals surface area contributed by atoms with Crippen LogP contribution < -0.4 is 0 Å². The molecule has 4 nitrogen and oxygen atoms in total. The molecule has 0 saturated heterocycles. The van der Waals surface area contributed by atoms with Crippen LogP contribution in [-0.2, 0) is 14.3 Å². The van der Waals surface area contributed by atoms with Crippen molar-refractivity contribution in [3.8, 4) is 0 Å². The Labute approximate surface area is 175 Å². The molecule has 0 spiro atoms. The first-order valence-corrected chi connectivity index (χ1v) is 8.25. The fraction of sp³-hybridized carbons (Fsp3) is 0.882. The van der Waals surface area contributed by atoms with Gasteiger partial charge in [0.2, 0.25) is 0 Å². The molecule has 128 valence electrons. The Bertz CT molecular complexity index is 318. The van der Waals surface area contributed by atoms with Gasteiger partial charge in [-0.1, -0.05) is 59.3 Å². The first kappa shape index (κ1) is 24.8. The summed E-state index contributed by atoms with van der Waals surface area (Å²) in [5, 5.41) is 8.64. The zero-order chi connectivity index (χ0) is 16.3. The molecular weight excluding hydrogens is 406 g/mol. The van der Waals surface area contributed by atoms with E-state index in [4.69, 9.17) is 9.84 Å². The van der Waals surface area contributed by atoms with Crippen molar-refractivity contribution in [3.63, 3.8) is 0 Å². The summed E-state index contributed by atoms with van der Waals surface area (Å²) in [5.74, 6) is -1.60. The van der Waals surface area contributed by atoms with Gasteiger partial charge in [-0.2, -0.15) is 0 Å². The predicted molar refractivity (Wildman–Crippen MR) is 92.7 cm³/mol. The maximum atomic E-state index is 11.6. The standard InChI is InChI=1S/C17H32O4.Ba.2H/c1-5-6-7-8-9-10-11-12-17(4,14(2)3)21-16(20)13-15(18)19;;;/h14H,5-13H2,1-4H3,(H,18,19);;;. The van der Waals surface area contributed by atoms with E-state index in [1.165, 1.54) is 32.1 Å². The Balaban J connectivity index is 0. The maximum absolute atomic E-state index is 11.6. The number of aliphatic carboxylic acids is 1. The van der Waals surface area contributed by atoms with Crippen LogP contribution >= 0.6 is 0 Å². The van der Waals surface area contributed by atoms with E-state index in [1.54, 1.807) is 0 Å². The molecule has 0 rings (SSSR count). The van der Waals surface area contributed by atoms with E-state index in [1.807, 2.05) is 20.8 Å². The van der Waals surface area contributed by atoms with Crippen molar-refractivity contribution in [2.45, 2.75) is 91.1 Å². The molecule has 1 N–H and O–H groups in total. The fourth-order valence-electron chi connectivity index (χ4n) is 2.31. The second kappa shape index (κ2) is 13.9. The number of hydrogen-bond donors (Lipinski definition) is 1. The number of carboxylic acid groups (broad SMARTS) is 1. The Morgan fingerprint density at radius 3 is 2.00 bits per heavy atom. The van der Waals surface area contributed by atoms with Gasteiger partial charge in [-0.05, 0) is 25.7 Å². The molecule has 0 aliphatic carbocycles. The second-order valence-electron chi connectivity index (χ2n) is 6.38. The van der Waals surface area contributed by atoms with Crippen LogP contribution in [0.1, 0.15) is 85.5 Å². The molecule has 5 heteroatoms. The van der Waals surface area contributed by atoms with Gasteiger partial charge < -0.3 is 9.84 Å². The third-order valence-electron chi connectivity index (χ3n) is 4.14. The van der Waals surface area contributed by atoms with Crippen molar-refractivity contribution >= 4 is 60.8 Å². The van der Waals surface area contributed by atoms with E-state index in [0.29, 0.717) is 0 Å². The van der Waals surface area contributed by atoms with E-state index in [-0.39, 0.29) is 54.8 Å². The number of carbonyl (C=O) groups is 2. The molecule has 1 unspecified atom stereocenters. The number of esters is 1. The van der Waals surface area contributed by atoms with Gasteiger partial charge in [0.25, 0.3) is 0 Å².